The minimum absolute atomic E-state index is 0.00153. The topological polar surface area (TPSA) is 84.5 Å². The van der Waals surface area contributed by atoms with Crippen LogP contribution in [0.3, 0.4) is 0 Å². The van der Waals surface area contributed by atoms with Crippen LogP contribution in [0.4, 0.5) is 14.5 Å². The van der Waals surface area contributed by atoms with Gasteiger partial charge >= 0.3 is 0 Å². The molecule has 0 spiro atoms. The van der Waals surface area contributed by atoms with Gasteiger partial charge in [-0.1, -0.05) is 41.9 Å². The predicted molar refractivity (Wildman–Crippen MR) is 117 cm³/mol. The third kappa shape index (κ3) is 5.82. The molecule has 10 heteroatoms. The van der Waals surface area contributed by atoms with Crippen LogP contribution >= 0.6 is 11.6 Å². The number of amides is 1. The van der Waals surface area contributed by atoms with Gasteiger partial charge in [-0.2, -0.15) is 4.72 Å². The summed E-state index contributed by atoms with van der Waals surface area (Å²) >= 11 is 5.95. The minimum Gasteiger partial charge on any atom is -0.495 e. The first-order valence-electron chi connectivity index (χ1n) is 9.35. The molecule has 0 fully saturated rings. The lowest BCUT2D eigenvalue weighted by molar-refractivity contribution is -0.117. The second-order valence-electron chi connectivity index (χ2n) is 6.78. The van der Waals surface area contributed by atoms with E-state index in [0.29, 0.717) is 5.56 Å². The molecule has 0 bridgehead atoms. The van der Waals surface area contributed by atoms with Gasteiger partial charge in [-0.05, 0) is 42.3 Å². The van der Waals surface area contributed by atoms with Crippen molar-refractivity contribution in [3.05, 3.63) is 89.0 Å². The molecule has 0 aromatic heterocycles. The third-order valence-corrected chi connectivity index (χ3v) is 6.23. The SMILES string of the molecule is COc1ccc(Cl)cc1S(=O)(=O)NC(Cc1ccccc1)C(=O)Nc1ccc(F)c(F)c1. The first-order chi connectivity index (χ1) is 15.2. The van der Waals surface area contributed by atoms with E-state index >= 15 is 0 Å². The number of hydrogen-bond acceptors (Lipinski definition) is 4. The lowest BCUT2D eigenvalue weighted by Crippen LogP contribution is -2.45. The molecule has 32 heavy (non-hydrogen) atoms. The van der Waals surface area contributed by atoms with Gasteiger partial charge in [-0.15, -0.1) is 0 Å². The Kier molecular flexibility index (Phi) is 7.44. The molecule has 0 radical (unpaired) electrons. The van der Waals surface area contributed by atoms with Crippen LogP contribution < -0.4 is 14.8 Å². The van der Waals surface area contributed by atoms with E-state index in [1.807, 2.05) is 0 Å². The van der Waals surface area contributed by atoms with Gasteiger partial charge in [0.1, 0.15) is 16.7 Å². The number of methoxy groups -OCH3 is 1. The number of sulfonamides is 1. The lowest BCUT2D eigenvalue weighted by Gasteiger charge is -2.20. The number of halogens is 3. The number of nitrogens with one attached hydrogen (secondary N) is 2. The summed E-state index contributed by atoms with van der Waals surface area (Å²) in [5.41, 5.74) is 0.658. The Balaban J connectivity index is 1.92. The number of rotatable bonds is 8. The van der Waals surface area contributed by atoms with Gasteiger partial charge in [0.15, 0.2) is 11.6 Å². The second kappa shape index (κ2) is 10.1. The van der Waals surface area contributed by atoms with Crippen LogP contribution in [-0.2, 0) is 21.2 Å². The van der Waals surface area contributed by atoms with E-state index in [-0.39, 0.29) is 27.8 Å². The Bertz CT molecular complexity index is 1220. The monoisotopic (exact) mass is 480 g/mol. The molecular weight excluding hydrogens is 462 g/mol. The van der Waals surface area contributed by atoms with Crippen LogP contribution in [0.2, 0.25) is 5.02 Å². The van der Waals surface area contributed by atoms with Crippen molar-refractivity contribution in [1.82, 2.24) is 4.72 Å². The van der Waals surface area contributed by atoms with Crippen LogP contribution in [0.1, 0.15) is 5.56 Å². The maximum Gasteiger partial charge on any atom is 0.245 e. The molecule has 6 nitrogen and oxygen atoms in total. The van der Waals surface area contributed by atoms with Crippen molar-refractivity contribution in [3.8, 4) is 5.75 Å². The van der Waals surface area contributed by atoms with Crippen LogP contribution in [0.15, 0.2) is 71.6 Å². The van der Waals surface area contributed by atoms with Crippen LogP contribution in [-0.4, -0.2) is 27.5 Å². The van der Waals surface area contributed by atoms with Crippen molar-refractivity contribution in [1.29, 1.82) is 0 Å². The summed E-state index contributed by atoms with van der Waals surface area (Å²) in [5, 5.41) is 2.58. The first kappa shape index (κ1) is 23.6. The van der Waals surface area contributed by atoms with Crippen LogP contribution in [0, 0.1) is 11.6 Å². The molecular formula is C22H19ClF2N2O4S. The van der Waals surface area contributed by atoms with Gasteiger partial charge in [0.05, 0.1) is 7.11 Å². The van der Waals surface area contributed by atoms with Gasteiger partial charge < -0.3 is 10.1 Å². The summed E-state index contributed by atoms with van der Waals surface area (Å²) in [6, 6.07) is 14.3. The highest BCUT2D eigenvalue weighted by Gasteiger charge is 2.28. The molecule has 0 saturated heterocycles. The largest absolute Gasteiger partial charge is 0.495 e. The van der Waals surface area contributed by atoms with Crippen molar-refractivity contribution >= 4 is 33.2 Å². The summed E-state index contributed by atoms with van der Waals surface area (Å²) < 4.78 is 60.4. The van der Waals surface area contributed by atoms with E-state index in [4.69, 9.17) is 16.3 Å². The quantitative estimate of drug-likeness (QED) is 0.507. The van der Waals surface area contributed by atoms with Crippen molar-refractivity contribution < 1.29 is 26.7 Å². The van der Waals surface area contributed by atoms with Crippen LogP contribution in [0.5, 0.6) is 5.75 Å². The van der Waals surface area contributed by atoms with E-state index in [0.717, 1.165) is 12.1 Å². The summed E-state index contributed by atoms with van der Waals surface area (Å²) in [6.07, 6.45) is -0.00153. The standard InChI is InChI=1S/C22H19ClF2N2O4S/c1-31-20-10-7-15(23)12-21(20)32(29,30)27-19(11-14-5-3-2-4-6-14)22(28)26-16-8-9-17(24)18(25)13-16/h2-10,12-13,19,27H,11H2,1H3,(H,26,28). The van der Waals surface area contributed by atoms with E-state index in [9.17, 15) is 22.0 Å². The summed E-state index contributed by atoms with van der Waals surface area (Å²) in [5.74, 6) is -2.94. The van der Waals surface area contributed by atoms with Gasteiger partial charge in [-0.3, -0.25) is 4.79 Å². The Labute approximate surface area is 189 Å². The number of anilines is 1. The zero-order valence-electron chi connectivity index (χ0n) is 16.8. The highest BCUT2D eigenvalue weighted by molar-refractivity contribution is 7.89. The highest BCUT2D eigenvalue weighted by atomic mass is 35.5. The summed E-state index contributed by atoms with van der Waals surface area (Å²) in [4.78, 5) is 12.7. The van der Waals surface area contributed by atoms with E-state index in [2.05, 4.69) is 10.0 Å². The van der Waals surface area contributed by atoms with Crippen molar-refractivity contribution in [2.45, 2.75) is 17.4 Å². The molecule has 168 valence electrons. The zero-order valence-corrected chi connectivity index (χ0v) is 18.4. The van der Waals surface area contributed by atoms with Gasteiger partial charge in [-0.25, -0.2) is 17.2 Å². The number of carbonyl (C=O) groups is 1. The normalized spacial score (nSPS) is 12.2. The van der Waals surface area contributed by atoms with E-state index in [1.54, 1.807) is 30.3 Å². The molecule has 0 saturated carbocycles. The van der Waals surface area contributed by atoms with Gasteiger partial charge in [0, 0.05) is 16.8 Å². The van der Waals surface area contributed by atoms with Crippen molar-refractivity contribution in [3.63, 3.8) is 0 Å². The molecule has 1 amide bonds. The molecule has 0 heterocycles. The number of hydrogen-bond donors (Lipinski definition) is 2. The fraction of sp³-hybridized carbons (Fsp3) is 0.136. The molecule has 1 unspecified atom stereocenters. The number of ether oxygens (including phenoxy) is 1. The maximum absolute atomic E-state index is 13.5. The van der Waals surface area contributed by atoms with Crippen molar-refractivity contribution in [2.24, 2.45) is 0 Å². The van der Waals surface area contributed by atoms with Gasteiger partial charge in [0.2, 0.25) is 15.9 Å². The van der Waals surface area contributed by atoms with Crippen LogP contribution in [0.25, 0.3) is 0 Å². The summed E-state index contributed by atoms with van der Waals surface area (Å²) in [7, 11) is -2.95. The Morgan fingerprint density at radius 1 is 1.03 bits per heavy atom. The van der Waals surface area contributed by atoms with E-state index < -0.39 is 33.6 Å². The number of carbonyl (C=O) groups excluding carboxylic acids is 1. The first-order valence-corrected chi connectivity index (χ1v) is 11.2. The molecule has 0 aliphatic heterocycles. The fourth-order valence-corrected chi connectivity index (χ4v) is 4.58. The highest BCUT2D eigenvalue weighted by Crippen LogP contribution is 2.27. The average molecular weight is 481 g/mol. The predicted octanol–water partition coefficient (Wildman–Crippen LogP) is 4.16. The van der Waals surface area contributed by atoms with Gasteiger partial charge in [0.25, 0.3) is 0 Å². The maximum atomic E-state index is 13.5. The molecule has 3 aromatic rings. The molecule has 0 aliphatic rings. The molecule has 3 rings (SSSR count). The lowest BCUT2D eigenvalue weighted by atomic mass is 10.1. The third-order valence-electron chi connectivity index (χ3n) is 4.50. The van der Waals surface area contributed by atoms with E-state index in [1.165, 1.54) is 31.4 Å². The minimum atomic E-state index is -4.25. The van der Waals surface area contributed by atoms with Crippen molar-refractivity contribution in [2.75, 3.05) is 12.4 Å². The zero-order chi connectivity index (χ0) is 23.3. The second-order valence-corrected chi connectivity index (χ2v) is 8.90. The average Bonchev–Trinajstić information content (AvgIpc) is 2.76. The molecule has 2 N–H and O–H groups in total. The summed E-state index contributed by atoms with van der Waals surface area (Å²) in [6.45, 7) is 0. The Morgan fingerprint density at radius 2 is 1.75 bits per heavy atom. The molecule has 1 atom stereocenters. The molecule has 3 aromatic carbocycles. The fourth-order valence-electron chi connectivity index (χ4n) is 2.95. The smallest absolute Gasteiger partial charge is 0.245 e. The Morgan fingerprint density at radius 3 is 2.41 bits per heavy atom. The Hall–Kier alpha value is -3.01. The number of benzene rings is 3. The molecule has 0 aliphatic carbocycles.